The van der Waals surface area contributed by atoms with Crippen LogP contribution in [-0.2, 0) is 0 Å². The highest BCUT2D eigenvalue weighted by atomic mass is 32.2. The van der Waals surface area contributed by atoms with Gasteiger partial charge in [0.2, 0.25) is 0 Å². The van der Waals surface area contributed by atoms with Crippen LogP contribution in [0.5, 0.6) is 5.75 Å². The molecule has 1 aliphatic rings. The molecule has 2 heterocycles. The molecule has 0 radical (unpaired) electrons. The number of amides is 1. The Hall–Kier alpha value is -1.88. The summed E-state index contributed by atoms with van der Waals surface area (Å²) >= 11 is 1.88. The van der Waals surface area contributed by atoms with E-state index in [-0.39, 0.29) is 5.91 Å². The number of piperidine rings is 1. The van der Waals surface area contributed by atoms with Crippen molar-refractivity contribution < 1.29 is 13.9 Å². The number of benzene rings is 1. The van der Waals surface area contributed by atoms with Crippen molar-refractivity contribution in [2.45, 2.75) is 31.6 Å². The van der Waals surface area contributed by atoms with Crippen molar-refractivity contribution >= 4 is 17.7 Å². The van der Waals surface area contributed by atoms with Crippen molar-refractivity contribution in [2.24, 2.45) is 5.92 Å². The number of hydrogen-bond acceptors (Lipinski definition) is 4. The third kappa shape index (κ3) is 4.40. The highest BCUT2D eigenvalue weighted by molar-refractivity contribution is 7.99. The quantitative estimate of drug-likeness (QED) is 0.735. The maximum absolute atomic E-state index is 12.6. The van der Waals surface area contributed by atoms with E-state index in [4.69, 9.17) is 9.15 Å². The number of ether oxygens (including phenoxy) is 1. The number of likely N-dealkylation sites (tertiary alicyclic amines) is 1. The van der Waals surface area contributed by atoms with Crippen LogP contribution in [0, 0.1) is 19.8 Å². The number of aryl methyl sites for hydroxylation is 2. The minimum atomic E-state index is 0.107. The molecule has 2 aromatic rings. The summed E-state index contributed by atoms with van der Waals surface area (Å²) in [5.74, 6) is 4.27. The van der Waals surface area contributed by atoms with Gasteiger partial charge in [0.25, 0.3) is 5.91 Å². The van der Waals surface area contributed by atoms with Gasteiger partial charge in [-0.05, 0) is 62.9 Å². The second-order valence-electron chi connectivity index (χ2n) is 6.55. The normalized spacial score (nSPS) is 15.4. The van der Waals surface area contributed by atoms with Crippen LogP contribution in [0.4, 0.5) is 0 Å². The molecular formula is C20H25NO3S. The first kappa shape index (κ1) is 17.9. The van der Waals surface area contributed by atoms with Crippen molar-refractivity contribution in [1.82, 2.24) is 4.90 Å². The molecule has 1 aliphatic heterocycles. The molecule has 4 nitrogen and oxygen atoms in total. The summed E-state index contributed by atoms with van der Waals surface area (Å²) in [4.78, 5) is 15.9. The molecule has 0 saturated carbocycles. The number of hydrogen-bond donors (Lipinski definition) is 0. The van der Waals surface area contributed by atoms with E-state index in [2.05, 4.69) is 12.1 Å². The Morgan fingerprint density at radius 2 is 1.92 bits per heavy atom. The van der Waals surface area contributed by atoms with Crippen molar-refractivity contribution in [3.05, 3.63) is 47.4 Å². The van der Waals surface area contributed by atoms with Gasteiger partial charge in [0.1, 0.15) is 17.3 Å². The lowest BCUT2D eigenvalue weighted by molar-refractivity contribution is 0.0697. The molecule has 1 saturated heterocycles. The maximum atomic E-state index is 12.6. The fourth-order valence-corrected chi connectivity index (χ4v) is 4.29. The SMILES string of the molecule is COc1ccc(SCC2CCN(C(=O)c3cc(C)oc3C)CC2)cc1. The van der Waals surface area contributed by atoms with Crippen LogP contribution >= 0.6 is 11.8 Å². The Morgan fingerprint density at radius 1 is 1.24 bits per heavy atom. The van der Waals surface area contributed by atoms with Crippen LogP contribution in [0.2, 0.25) is 0 Å². The average molecular weight is 359 g/mol. The second-order valence-corrected chi connectivity index (χ2v) is 7.64. The molecule has 0 aliphatic carbocycles. The first-order valence-corrected chi connectivity index (χ1v) is 9.68. The molecule has 0 bridgehead atoms. The monoisotopic (exact) mass is 359 g/mol. The molecule has 1 amide bonds. The van der Waals surface area contributed by atoms with Crippen molar-refractivity contribution in [2.75, 3.05) is 26.0 Å². The molecule has 0 spiro atoms. The smallest absolute Gasteiger partial charge is 0.257 e. The molecule has 134 valence electrons. The summed E-state index contributed by atoms with van der Waals surface area (Å²) in [6, 6.07) is 10.1. The van der Waals surface area contributed by atoms with E-state index in [1.165, 1.54) is 4.90 Å². The highest BCUT2D eigenvalue weighted by Crippen LogP contribution is 2.28. The average Bonchev–Trinajstić information content (AvgIpc) is 2.98. The lowest BCUT2D eigenvalue weighted by Crippen LogP contribution is -2.39. The van der Waals surface area contributed by atoms with Gasteiger partial charge in [-0.3, -0.25) is 4.79 Å². The Labute approximate surface area is 153 Å². The topological polar surface area (TPSA) is 42.7 Å². The Morgan fingerprint density at radius 3 is 2.48 bits per heavy atom. The van der Waals surface area contributed by atoms with Gasteiger partial charge in [0, 0.05) is 23.7 Å². The van der Waals surface area contributed by atoms with Gasteiger partial charge < -0.3 is 14.1 Å². The zero-order valence-electron chi connectivity index (χ0n) is 15.1. The van der Waals surface area contributed by atoms with Gasteiger partial charge >= 0.3 is 0 Å². The largest absolute Gasteiger partial charge is 0.497 e. The van der Waals surface area contributed by atoms with Crippen LogP contribution < -0.4 is 4.74 Å². The van der Waals surface area contributed by atoms with Gasteiger partial charge in [-0.2, -0.15) is 0 Å². The van der Waals surface area contributed by atoms with Crippen LogP contribution in [0.15, 0.2) is 39.6 Å². The van der Waals surface area contributed by atoms with Crippen LogP contribution in [0.3, 0.4) is 0 Å². The molecule has 25 heavy (non-hydrogen) atoms. The maximum Gasteiger partial charge on any atom is 0.257 e. The number of rotatable bonds is 5. The molecule has 0 N–H and O–H groups in total. The van der Waals surface area contributed by atoms with Gasteiger partial charge in [0.05, 0.1) is 12.7 Å². The number of nitrogens with zero attached hydrogens (tertiary/aromatic N) is 1. The highest BCUT2D eigenvalue weighted by Gasteiger charge is 2.25. The van der Waals surface area contributed by atoms with Gasteiger partial charge in [0.15, 0.2) is 0 Å². The summed E-state index contributed by atoms with van der Waals surface area (Å²) in [7, 11) is 1.68. The lowest BCUT2D eigenvalue weighted by atomic mass is 9.98. The second kappa shape index (κ2) is 8.00. The van der Waals surface area contributed by atoms with Crippen LogP contribution in [-0.4, -0.2) is 36.8 Å². The fourth-order valence-electron chi connectivity index (χ4n) is 3.20. The number of carbonyl (C=O) groups excluding carboxylic acids is 1. The van der Waals surface area contributed by atoms with Gasteiger partial charge in [-0.1, -0.05) is 0 Å². The third-order valence-corrected chi connectivity index (χ3v) is 5.96. The number of thioether (sulfide) groups is 1. The predicted molar refractivity (Wildman–Crippen MR) is 101 cm³/mol. The molecule has 0 unspecified atom stereocenters. The van der Waals surface area contributed by atoms with Crippen LogP contribution in [0.25, 0.3) is 0 Å². The van der Waals surface area contributed by atoms with E-state index in [0.717, 1.165) is 49.0 Å². The molecule has 5 heteroatoms. The Bertz CT molecular complexity index is 715. The standard InChI is InChI=1S/C20H25NO3S/c1-14-12-19(15(2)24-14)20(22)21-10-8-16(9-11-21)13-25-18-6-4-17(23-3)5-7-18/h4-7,12,16H,8-11,13H2,1-3H3. The van der Waals surface area contributed by atoms with E-state index >= 15 is 0 Å². The fraction of sp³-hybridized carbons (Fsp3) is 0.450. The van der Waals surface area contributed by atoms with E-state index in [9.17, 15) is 4.79 Å². The zero-order chi connectivity index (χ0) is 17.8. The molecule has 3 rings (SSSR count). The summed E-state index contributed by atoms with van der Waals surface area (Å²) in [6.07, 6.45) is 2.12. The van der Waals surface area contributed by atoms with E-state index in [1.54, 1.807) is 7.11 Å². The van der Waals surface area contributed by atoms with Crippen molar-refractivity contribution in [1.29, 1.82) is 0 Å². The van der Waals surface area contributed by atoms with E-state index in [0.29, 0.717) is 11.5 Å². The van der Waals surface area contributed by atoms with E-state index < -0.39 is 0 Å². The van der Waals surface area contributed by atoms with Crippen molar-refractivity contribution in [3.63, 3.8) is 0 Å². The molecular weight excluding hydrogens is 334 g/mol. The number of furan rings is 1. The first-order chi connectivity index (χ1) is 12.1. The molecule has 0 atom stereocenters. The summed E-state index contributed by atoms with van der Waals surface area (Å²) in [5.41, 5.74) is 0.712. The summed E-state index contributed by atoms with van der Waals surface area (Å²) in [6.45, 7) is 5.40. The lowest BCUT2D eigenvalue weighted by Gasteiger charge is -2.31. The summed E-state index contributed by atoms with van der Waals surface area (Å²) in [5, 5.41) is 0. The van der Waals surface area contributed by atoms with E-state index in [1.807, 2.05) is 48.7 Å². The molecule has 1 fully saturated rings. The van der Waals surface area contributed by atoms with Crippen molar-refractivity contribution in [3.8, 4) is 5.75 Å². The Balaban J connectivity index is 1.48. The molecule has 1 aromatic carbocycles. The number of carbonyl (C=O) groups is 1. The zero-order valence-corrected chi connectivity index (χ0v) is 15.9. The Kier molecular flexibility index (Phi) is 5.74. The van der Waals surface area contributed by atoms with Gasteiger partial charge in [-0.15, -0.1) is 11.8 Å². The van der Waals surface area contributed by atoms with Gasteiger partial charge in [-0.25, -0.2) is 0 Å². The minimum absolute atomic E-state index is 0.107. The first-order valence-electron chi connectivity index (χ1n) is 8.70. The minimum Gasteiger partial charge on any atom is -0.497 e. The summed E-state index contributed by atoms with van der Waals surface area (Å²) < 4.78 is 10.7. The molecule has 1 aromatic heterocycles. The number of methoxy groups -OCH3 is 1. The van der Waals surface area contributed by atoms with Crippen LogP contribution in [0.1, 0.15) is 34.7 Å². The predicted octanol–water partition coefficient (Wildman–Crippen LogP) is 4.55. The third-order valence-electron chi connectivity index (χ3n) is 4.72.